The van der Waals surface area contributed by atoms with E-state index in [2.05, 4.69) is 11.1 Å². The molecular formula is C23H22N6O4S. The molecule has 174 valence electrons. The highest BCUT2D eigenvalue weighted by atomic mass is 32.2. The molecule has 1 aromatic heterocycles. The van der Waals surface area contributed by atoms with Crippen LogP contribution in [0, 0.1) is 21.4 Å². The van der Waals surface area contributed by atoms with Crippen molar-refractivity contribution in [1.82, 2.24) is 9.80 Å². The summed E-state index contributed by atoms with van der Waals surface area (Å²) in [6.45, 7) is 6.51. The summed E-state index contributed by atoms with van der Waals surface area (Å²) in [5, 5.41) is 21.5. The minimum atomic E-state index is -0.782. The van der Waals surface area contributed by atoms with Crippen molar-refractivity contribution in [2.75, 3.05) is 13.1 Å². The molecule has 0 radical (unpaired) electrons. The second kappa shape index (κ2) is 9.07. The first kappa shape index (κ1) is 23.1. The van der Waals surface area contributed by atoms with Crippen LogP contribution in [0.2, 0.25) is 0 Å². The summed E-state index contributed by atoms with van der Waals surface area (Å²) in [6, 6.07) is 10.9. The predicted molar refractivity (Wildman–Crippen MR) is 128 cm³/mol. The maximum Gasteiger partial charge on any atom is 0.280 e. The molecule has 1 atom stereocenters. The first-order valence-corrected chi connectivity index (χ1v) is 11.4. The molecule has 11 heteroatoms. The quantitative estimate of drug-likeness (QED) is 0.483. The number of rotatable bonds is 6. The fraction of sp³-hybridized carbons (Fsp3) is 0.261. The molecule has 34 heavy (non-hydrogen) atoms. The zero-order valence-corrected chi connectivity index (χ0v) is 19.6. The van der Waals surface area contributed by atoms with Gasteiger partial charge in [0.2, 0.25) is 0 Å². The fourth-order valence-corrected chi connectivity index (χ4v) is 4.97. The fourth-order valence-electron chi connectivity index (χ4n) is 4.05. The van der Waals surface area contributed by atoms with Gasteiger partial charge in [0.15, 0.2) is 5.17 Å². The third-order valence-electron chi connectivity index (χ3n) is 5.72. The van der Waals surface area contributed by atoms with Gasteiger partial charge in [0.25, 0.3) is 11.6 Å². The Hall–Kier alpha value is -4.04. The monoisotopic (exact) mass is 478 g/mol. The number of nitro groups is 1. The molecule has 10 nitrogen and oxygen atoms in total. The van der Waals surface area contributed by atoms with Crippen molar-refractivity contribution in [2.45, 2.75) is 26.8 Å². The third-order valence-corrected chi connectivity index (χ3v) is 6.70. The zero-order valence-electron chi connectivity index (χ0n) is 18.8. The van der Waals surface area contributed by atoms with E-state index in [1.807, 2.05) is 13.8 Å². The van der Waals surface area contributed by atoms with Crippen LogP contribution in [-0.2, 0) is 4.79 Å². The Kier molecular flexibility index (Phi) is 6.17. The van der Waals surface area contributed by atoms with Crippen LogP contribution in [0.3, 0.4) is 0 Å². The molecule has 4 rings (SSSR count). The lowest BCUT2D eigenvalue weighted by molar-refractivity contribution is -0.384. The van der Waals surface area contributed by atoms with Crippen molar-refractivity contribution >= 4 is 28.5 Å². The highest BCUT2D eigenvalue weighted by Gasteiger charge is 2.44. The lowest BCUT2D eigenvalue weighted by Crippen LogP contribution is -2.42. The number of amides is 1. The lowest BCUT2D eigenvalue weighted by Gasteiger charge is -2.35. The van der Waals surface area contributed by atoms with Gasteiger partial charge in [-0.2, -0.15) is 5.26 Å². The number of thioether (sulfide) groups is 1. The Morgan fingerprint density at radius 2 is 2.03 bits per heavy atom. The van der Waals surface area contributed by atoms with Crippen molar-refractivity contribution in [2.24, 2.45) is 10.7 Å². The van der Waals surface area contributed by atoms with E-state index in [9.17, 15) is 20.2 Å². The number of carbonyl (C=O) groups excluding carboxylic acids is 1. The van der Waals surface area contributed by atoms with Crippen molar-refractivity contribution in [3.05, 3.63) is 74.3 Å². The first-order valence-electron chi connectivity index (χ1n) is 10.6. The standard InChI is InChI=1S/C23H22N6O4S/c1-4-27(5-2)22(30)19-13(3)26-23-28(21(25)18(12-24)34-23)20(19)17-11-10-16(33-17)14-8-6-7-9-15(14)29(31)32/h6-11,20H,4-5,25H2,1-3H3/t20-/m0/s1. The first-order chi connectivity index (χ1) is 16.3. The Balaban J connectivity index is 1.88. The van der Waals surface area contributed by atoms with E-state index < -0.39 is 11.0 Å². The Bertz CT molecular complexity index is 1310. The molecule has 1 aromatic carbocycles. The van der Waals surface area contributed by atoms with Crippen LogP contribution in [0.4, 0.5) is 5.69 Å². The van der Waals surface area contributed by atoms with Crippen molar-refractivity contribution in [3.8, 4) is 17.4 Å². The van der Waals surface area contributed by atoms with E-state index in [0.717, 1.165) is 11.8 Å². The van der Waals surface area contributed by atoms with E-state index in [1.165, 1.54) is 6.07 Å². The summed E-state index contributed by atoms with van der Waals surface area (Å²) in [6.07, 6.45) is 0. The predicted octanol–water partition coefficient (Wildman–Crippen LogP) is 4.11. The molecule has 0 saturated heterocycles. The van der Waals surface area contributed by atoms with Crippen molar-refractivity contribution < 1.29 is 14.1 Å². The van der Waals surface area contributed by atoms with Crippen LogP contribution in [-0.4, -0.2) is 38.9 Å². The maximum atomic E-state index is 13.5. The van der Waals surface area contributed by atoms with E-state index in [-0.39, 0.29) is 28.1 Å². The van der Waals surface area contributed by atoms with Crippen LogP contribution in [0.25, 0.3) is 11.3 Å². The van der Waals surface area contributed by atoms with Gasteiger partial charge in [0.1, 0.15) is 34.4 Å². The van der Waals surface area contributed by atoms with E-state index >= 15 is 0 Å². The smallest absolute Gasteiger partial charge is 0.280 e. The number of hydrogen-bond donors (Lipinski definition) is 1. The van der Waals surface area contributed by atoms with Gasteiger partial charge in [0, 0.05) is 19.2 Å². The van der Waals surface area contributed by atoms with Gasteiger partial charge in [0.05, 0.1) is 21.8 Å². The van der Waals surface area contributed by atoms with Gasteiger partial charge >= 0.3 is 0 Å². The highest BCUT2D eigenvalue weighted by molar-refractivity contribution is 8.17. The lowest BCUT2D eigenvalue weighted by atomic mass is 9.98. The Labute approximate surface area is 200 Å². The summed E-state index contributed by atoms with van der Waals surface area (Å²) in [5.41, 5.74) is 7.40. The summed E-state index contributed by atoms with van der Waals surface area (Å²) < 4.78 is 6.12. The normalized spacial score (nSPS) is 17.4. The van der Waals surface area contributed by atoms with Gasteiger partial charge in [-0.15, -0.1) is 0 Å². The number of likely N-dealkylation sites (N-methyl/N-ethyl adjacent to an activating group) is 1. The van der Waals surface area contributed by atoms with Gasteiger partial charge < -0.3 is 15.1 Å². The molecule has 0 bridgehead atoms. The molecule has 2 aliphatic heterocycles. The van der Waals surface area contributed by atoms with E-state index in [0.29, 0.717) is 40.9 Å². The average molecular weight is 479 g/mol. The number of benzene rings is 1. The molecule has 3 heterocycles. The number of allylic oxidation sites excluding steroid dienone is 2. The van der Waals surface area contributed by atoms with Crippen LogP contribution in [0.15, 0.2) is 67.8 Å². The van der Waals surface area contributed by atoms with Gasteiger partial charge in [-0.25, -0.2) is 4.99 Å². The summed E-state index contributed by atoms with van der Waals surface area (Å²) in [7, 11) is 0. The number of para-hydroxylation sites is 1. The number of amidine groups is 1. The molecule has 1 amide bonds. The molecule has 0 spiro atoms. The Morgan fingerprint density at radius 1 is 1.32 bits per heavy atom. The van der Waals surface area contributed by atoms with Gasteiger partial charge in [-0.3, -0.25) is 19.8 Å². The number of aliphatic imine (C=N–C) groups is 1. The van der Waals surface area contributed by atoms with Crippen molar-refractivity contribution in [3.63, 3.8) is 0 Å². The molecule has 0 aliphatic carbocycles. The van der Waals surface area contributed by atoms with Crippen LogP contribution in [0.1, 0.15) is 32.6 Å². The molecule has 0 fully saturated rings. The number of carbonyl (C=O) groups is 1. The molecule has 0 unspecified atom stereocenters. The summed E-state index contributed by atoms with van der Waals surface area (Å²) in [4.78, 5) is 32.7. The minimum Gasteiger partial charge on any atom is -0.458 e. The third kappa shape index (κ3) is 3.72. The van der Waals surface area contributed by atoms with Crippen LogP contribution >= 0.6 is 11.8 Å². The summed E-state index contributed by atoms with van der Waals surface area (Å²) >= 11 is 1.13. The van der Waals surface area contributed by atoms with Crippen molar-refractivity contribution in [1.29, 1.82) is 5.26 Å². The molecular weight excluding hydrogens is 456 g/mol. The van der Waals surface area contributed by atoms with E-state index in [1.54, 1.807) is 47.1 Å². The number of nitrogens with two attached hydrogens (primary N) is 1. The van der Waals surface area contributed by atoms with Gasteiger partial charge in [-0.1, -0.05) is 12.1 Å². The zero-order chi connectivity index (χ0) is 24.6. The maximum absolute atomic E-state index is 13.5. The van der Waals surface area contributed by atoms with Crippen LogP contribution < -0.4 is 5.73 Å². The largest absolute Gasteiger partial charge is 0.458 e. The average Bonchev–Trinajstić information content (AvgIpc) is 3.43. The van der Waals surface area contributed by atoms with Gasteiger partial charge in [-0.05, 0) is 50.7 Å². The number of nitro benzene ring substituents is 1. The van der Waals surface area contributed by atoms with E-state index in [4.69, 9.17) is 10.2 Å². The number of fused-ring (bicyclic) bond motifs is 1. The number of hydrogen-bond acceptors (Lipinski definition) is 9. The highest BCUT2D eigenvalue weighted by Crippen LogP contribution is 2.46. The molecule has 2 aliphatic rings. The molecule has 2 aromatic rings. The molecule has 2 N–H and O–H groups in total. The second-order valence-corrected chi connectivity index (χ2v) is 8.53. The number of nitrogens with zero attached hydrogens (tertiary/aromatic N) is 5. The van der Waals surface area contributed by atoms with Crippen LogP contribution in [0.5, 0.6) is 0 Å². The minimum absolute atomic E-state index is 0.0941. The SMILES string of the molecule is CCN(CC)C(=O)C1=C(C)N=C2SC(C#N)=C(N)N2[C@H]1c1ccc(-c2ccccc2[N+](=O)[O-])o1. The summed E-state index contributed by atoms with van der Waals surface area (Å²) in [5.74, 6) is 0.603. The molecule has 0 saturated carbocycles. The number of furan rings is 1. The Morgan fingerprint density at radius 3 is 2.68 bits per heavy atom. The second-order valence-electron chi connectivity index (χ2n) is 7.55. The number of nitriles is 1. The topological polar surface area (TPSA) is 142 Å².